The predicted molar refractivity (Wildman–Crippen MR) is 85.4 cm³/mol. The molecule has 0 aromatic heterocycles. The van der Waals surface area contributed by atoms with Gasteiger partial charge in [-0.3, -0.25) is 4.79 Å². The summed E-state index contributed by atoms with van der Waals surface area (Å²) in [7, 11) is 1.97. The van der Waals surface area contributed by atoms with Crippen molar-refractivity contribution >= 4 is 33.2 Å². The summed E-state index contributed by atoms with van der Waals surface area (Å²) < 4.78 is 1.05. The molecule has 0 radical (unpaired) electrons. The molecule has 0 bridgehead atoms. The second-order valence-corrected chi connectivity index (χ2v) is 6.53. The van der Waals surface area contributed by atoms with Crippen LogP contribution in [0.15, 0.2) is 22.7 Å². The summed E-state index contributed by atoms with van der Waals surface area (Å²) in [5.74, 6) is 0.195. The minimum atomic E-state index is 0.195. The van der Waals surface area contributed by atoms with Crippen LogP contribution in [-0.4, -0.2) is 38.6 Å². The fraction of sp³-hybridized carbons (Fsp3) is 0.533. The lowest BCUT2D eigenvalue weighted by molar-refractivity contribution is -0.117. The van der Waals surface area contributed by atoms with Gasteiger partial charge in [-0.2, -0.15) is 0 Å². The molecule has 2 aliphatic rings. The van der Waals surface area contributed by atoms with Gasteiger partial charge >= 0.3 is 0 Å². The van der Waals surface area contributed by atoms with E-state index in [2.05, 4.69) is 27.3 Å². The standard InChI is InChI=1S/C15H20BrN3O/c1-18-10-15(20)19(8-6-12-3-2-7-17-12)13-5-4-11(16)9-14(13)18/h4-5,9,12,17H,2-3,6-8,10H2,1H3. The Balaban J connectivity index is 1.79. The second-order valence-electron chi connectivity index (χ2n) is 5.62. The van der Waals surface area contributed by atoms with E-state index in [1.165, 1.54) is 12.8 Å². The fourth-order valence-electron chi connectivity index (χ4n) is 3.07. The number of carbonyl (C=O) groups is 1. The minimum Gasteiger partial charge on any atom is -0.364 e. The number of likely N-dealkylation sites (N-methyl/N-ethyl adjacent to an activating group) is 1. The summed E-state index contributed by atoms with van der Waals surface area (Å²) in [5, 5.41) is 3.50. The van der Waals surface area contributed by atoms with Crippen LogP contribution >= 0.6 is 15.9 Å². The lowest BCUT2D eigenvalue weighted by Gasteiger charge is -2.36. The molecule has 1 N–H and O–H groups in total. The number of benzene rings is 1. The van der Waals surface area contributed by atoms with Crippen molar-refractivity contribution in [1.82, 2.24) is 5.32 Å². The van der Waals surface area contributed by atoms with E-state index in [4.69, 9.17) is 0 Å². The van der Waals surface area contributed by atoms with Crippen molar-refractivity contribution in [2.24, 2.45) is 0 Å². The number of nitrogens with one attached hydrogen (secondary N) is 1. The average Bonchev–Trinajstić information content (AvgIpc) is 2.92. The molecular weight excluding hydrogens is 318 g/mol. The first-order valence-corrected chi connectivity index (χ1v) is 7.99. The van der Waals surface area contributed by atoms with Crippen molar-refractivity contribution in [3.63, 3.8) is 0 Å². The van der Waals surface area contributed by atoms with Crippen molar-refractivity contribution in [3.05, 3.63) is 22.7 Å². The van der Waals surface area contributed by atoms with Crippen LogP contribution in [0.4, 0.5) is 11.4 Å². The lowest BCUT2D eigenvalue weighted by atomic mass is 10.1. The SMILES string of the molecule is CN1CC(=O)N(CCC2CCCN2)c2ccc(Br)cc21. The molecule has 0 saturated carbocycles. The van der Waals surface area contributed by atoms with Crippen LogP contribution in [0.1, 0.15) is 19.3 Å². The van der Waals surface area contributed by atoms with E-state index in [0.717, 1.165) is 35.4 Å². The van der Waals surface area contributed by atoms with Gasteiger partial charge in [0, 0.05) is 24.1 Å². The van der Waals surface area contributed by atoms with Gasteiger partial charge < -0.3 is 15.1 Å². The minimum absolute atomic E-state index is 0.195. The maximum absolute atomic E-state index is 12.3. The molecular formula is C15H20BrN3O. The molecule has 4 nitrogen and oxygen atoms in total. The third-order valence-corrected chi connectivity index (χ3v) is 4.67. The van der Waals surface area contributed by atoms with Crippen molar-refractivity contribution in [1.29, 1.82) is 0 Å². The van der Waals surface area contributed by atoms with Gasteiger partial charge in [0.15, 0.2) is 0 Å². The molecule has 1 fully saturated rings. The Labute approximate surface area is 128 Å². The Kier molecular flexibility index (Phi) is 3.98. The quantitative estimate of drug-likeness (QED) is 0.919. The van der Waals surface area contributed by atoms with Gasteiger partial charge in [0.05, 0.1) is 17.9 Å². The van der Waals surface area contributed by atoms with Gasteiger partial charge in [-0.25, -0.2) is 0 Å². The molecule has 1 aromatic carbocycles. The Bertz CT molecular complexity index is 514. The summed E-state index contributed by atoms with van der Waals surface area (Å²) >= 11 is 3.51. The first-order chi connectivity index (χ1) is 9.65. The molecule has 2 heterocycles. The van der Waals surface area contributed by atoms with E-state index >= 15 is 0 Å². The van der Waals surface area contributed by atoms with Crippen LogP contribution in [0.5, 0.6) is 0 Å². The maximum atomic E-state index is 12.3. The van der Waals surface area contributed by atoms with E-state index in [1.54, 1.807) is 0 Å². The number of amides is 1. The van der Waals surface area contributed by atoms with Crippen LogP contribution in [0, 0.1) is 0 Å². The van der Waals surface area contributed by atoms with Crippen molar-refractivity contribution < 1.29 is 4.79 Å². The van der Waals surface area contributed by atoms with E-state index in [1.807, 2.05) is 29.0 Å². The molecule has 20 heavy (non-hydrogen) atoms. The number of hydrogen-bond acceptors (Lipinski definition) is 3. The first kappa shape index (κ1) is 13.9. The van der Waals surface area contributed by atoms with Crippen LogP contribution in [-0.2, 0) is 4.79 Å². The predicted octanol–water partition coefficient (Wildman–Crippen LogP) is 2.37. The summed E-state index contributed by atoms with van der Waals surface area (Å²) in [6, 6.07) is 6.70. The van der Waals surface area contributed by atoms with E-state index < -0.39 is 0 Å². The summed E-state index contributed by atoms with van der Waals surface area (Å²) in [4.78, 5) is 16.3. The van der Waals surface area contributed by atoms with Gasteiger partial charge in [0.1, 0.15) is 0 Å². The first-order valence-electron chi connectivity index (χ1n) is 7.19. The van der Waals surface area contributed by atoms with Crippen LogP contribution in [0.3, 0.4) is 0 Å². The van der Waals surface area contributed by atoms with Crippen molar-refractivity contribution in [3.8, 4) is 0 Å². The molecule has 1 atom stereocenters. The van der Waals surface area contributed by atoms with Gasteiger partial charge in [-0.05, 0) is 44.0 Å². The monoisotopic (exact) mass is 337 g/mol. The van der Waals surface area contributed by atoms with Crippen molar-refractivity contribution in [2.75, 3.05) is 36.5 Å². The highest BCUT2D eigenvalue weighted by Crippen LogP contribution is 2.35. The fourth-order valence-corrected chi connectivity index (χ4v) is 3.42. The van der Waals surface area contributed by atoms with Gasteiger partial charge in [-0.1, -0.05) is 15.9 Å². The Morgan fingerprint density at radius 2 is 2.25 bits per heavy atom. The molecule has 0 spiro atoms. The molecule has 1 amide bonds. The topological polar surface area (TPSA) is 35.6 Å². The Morgan fingerprint density at radius 3 is 3.00 bits per heavy atom. The van der Waals surface area contributed by atoms with Crippen LogP contribution in [0.25, 0.3) is 0 Å². The largest absolute Gasteiger partial charge is 0.364 e. The normalized spacial score (nSPS) is 22.3. The molecule has 0 aliphatic carbocycles. The zero-order valence-corrected chi connectivity index (χ0v) is 13.3. The number of carbonyl (C=O) groups excluding carboxylic acids is 1. The van der Waals surface area contributed by atoms with Gasteiger partial charge in [0.2, 0.25) is 5.91 Å². The molecule has 5 heteroatoms. The number of nitrogens with zero attached hydrogens (tertiary/aromatic N) is 2. The molecule has 108 valence electrons. The van der Waals surface area contributed by atoms with E-state index in [-0.39, 0.29) is 5.91 Å². The molecule has 3 rings (SSSR count). The summed E-state index contributed by atoms with van der Waals surface area (Å²) in [6.45, 7) is 2.38. The second kappa shape index (κ2) is 5.74. The highest BCUT2D eigenvalue weighted by atomic mass is 79.9. The zero-order chi connectivity index (χ0) is 14.1. The highest BCUT2D eigenvalue weighted by molar-refractivity contribution is 9.10. The number of hydrogen-bond donors (Lipinski definition) is 1. The number of fused-ring (bicyclic) bond motifs is 1. The average molecular weight is 338 g/mol. The zero-order valence-electron chi connectivity index (χ0n) is 11.7. The molecule has 1 unspecified atom stereocenters. The van der Waals surface area contributed by atoms with Crippen LogP contribution < -0.4 is 15.1 Å². The number of halogens is 1. The smallest absolute Gasteiger partial charge is 0.246 e. The molecule has 1 saturated heterocycles. The summed E-state index contributed by atoms with van der Waals surface area (Å²) in [6.07, 6.45) is 3.52. The van der Waals surface area contributed by atoms with Gasteiger partial charge in [0.25, 0.3) is 0 Å². The molecule has 1 aromatic rings. The maximum Gasteiger partial charge on any atom is 0.246 e. The third kappa shape index (κ3) is 2.69. The number of rotatable bonds is 3. The third-order valence-electron chi connectivity index (χ3n) is 4.18. The lowest BCUT2D eigenvalue weighted by Crippen LogP contribution is -2.45. The van der Waals surface area contributed by atoms with E-state index in [9.17, 15) is 4.79 Å². The van der Waals surface area contributed by atoms with Gasteiger partial charge in [-0.15, -0.1) is 0 Å². The Morgan fingerprint density at radius 1 is 1.40 bits per heavy atom. The number of anilines is 2. The van der Waals surface area contributed by atoms with Crippen molar-refractivity contribution in [2.45, 2.75) is 25.3 Å². The van der Waals surface area contributed by atoms with E-state index in [0.29, 0.717) is 12.6 Å². The molecule has 2 aliphatic heterocycles. The summed E-state index contributed by atoms with van der Waals surface area (Å²) in [5.41, 5.74) is 2.16. The Hall–Kier alpha value is -1.07. The van der Waals surface area contributed by atoms with Crippen LogP contribution in [0.2, 0.25) is 0 Å². The highest BCUT2D eigenvalue weighted by Gasteiger charge is 2.28.